The topological polar surface area (TPSA) is 6.48 Å². The van der Waals surface area contributed by atoms with Crippen LogP contribution in [0.3, 0.4) is 0 Å². The fourth-order valence-electron chi connectivity index (χ4n) is 2.75. The maximum absolute atomic E-state index is 2.37. The summed E-state index contributed by atoms with van der Waals surface area (Å²) in [7, 11) is 8.36. The van der Waals surface area contributed by atoms with Crippen LogP contribution in [0.15, 0.2) is 53.8 Å². The van der Waals surface area contributed by atoms with Crippen molar-refractivity contribution in [2.24, 2.45) is 5.92 Å². The number of hydrogen-bond acceptors (Lipinski definition) is 2. The van der Waals surface area contributed by atoms with Gasteiger partial charge in [-0.25, -0.2) is 0 Å². The van der Waals surface area contributed by atoms with Crippen molar-refractivity contribution in [1.29, 1.82) is 0 Å². The number of hydrogen-bond donors (Lipinski definition) is 0. The van der Waals surface area contributed by atoms with Crippen LogP contribution >= 0.6 is 0 Å². The van der Waals surface area contributed by atoms with Gasteiger partial charge in [0.2, 0.25) is 0 Å². The molecule has 0 saturated heterocycles. The molecule has 1 aromatic rings. The first-order chi connectivity index (χ1) is 10.4. The molecule has 2 rings (SSSR count). The molecule has 118 valence electrons. The molecule has 1 unspecified atom stereocenters. The molecule has 0 radical (unpaired) electrons. The SMILES string of the molecule is Cc1cc(N(C)C)ccc1CC1=CC(C)C=C(N(C)C)C=C1. The van der Waals surface area contributed by atoms with Crippen LogP contribution in [0.1, 0.15) is 18.1 Å². The van der Waals surface area contributed by atoms with E-state index in [9.17, 15) is 0 Å². The number of nitrogens with zero attached hydrogens (tertiary/aromatic N) is 2. The molecular formula is C20H28N2. The van der Waals surface area contributed by atoms with Gasteiger partial charge in [-0.05, 0) is 54.2 Å². The van der Waals surface area contributed by atoms with E-state index in [0.717, 1.165) is 6.42 Å². The van der Waals surface area contributed by atoms with Crippen LogP contribution in [0.25, 0.3) is 0 Å². The number of likely N-dealkylation sites (N-methyl/N-ethyl adjacent to an activating group) is 1. The number of aryl methyl sites for hydroxylation is 1. The molecule has 0 fully saturated rings. The van der Waals surface area contributed by atoms with Gasteiger partial charge in [0, 0.05) is 39.6 Å². The molecule has 0 aliphatic heterocycles. The number of rotatable bonds is 4. The normalized spacial score (nSPS) is 17.6. The summed E-state index contributed by atoms with van der Waals surface area (Å²) in [5.41, 5.74) is 6.69. The van der Waals surface area contributed by atoms with Gasteiger partial charge in [0.15, 0.2) is 0 Å². The third kappa shape index (κ3) is 4.03. The Balaban J connectivity index is 2.19. The van der Waals surface area contributed by atoms with Crippen molar-refractivity contribution in [3.05, 3.63) is 64.9 Å². The minimum atomic E-state index is 0.462. The third-order valence-corrected chi connectivity index (χ3v) is 4.13. The monoisotopic (exact) mass is 296 g/mol. The molecule has 1 atom stereocenters. The first-order valence-electron chi connectivity index (χ1n) is 7.91. The smallest absolute Gasteiger partial charge is 0.0363 e. The van der Waals surface area contributed by atoms with E-state index < -0.39 is 0 Å². The van der Waals surface area contributed by atoms with E-state index in [1.165, 1.54) is 28.1 Å². The average molecular weight is 296 g/mol. The van der Waals surface area contributed by atoms with Crippen molar-refractivity contribution in [2.45, 2.75) is 20.3 Å². The van der Waals surface area contributed by atoms with Crippen molar-refractivity contribution in [3.63, 3.8) is 0 Å². The largest absolute Gasteiger partial charge is 0.378 e. The Labute approximate surface area is 135 Å². The molecule has 0 amide bonds. The Hall–Kier alpha value is -1.96. The van der Waals surface area contributed by atoms with E-state index in [1.807, 2.05) is 0 Å². The van der Waals surface area contributed by atoms with Crippen molar-refractivity contribution < 1.29 is 0 Å². The highest BCUT2D eigenvalue weighted by molar-refractivity contribution is 5.51. The summed E-state index contributed by atoms with van der Waals surface area (Å²) in [5, 5.41) is 0. The van der Waals surface area contributed by atoms with Gasteiger partial charge in [0.05, 0.1) is 0 Å². The van der Waals surface area contributed by atoms with Crippen LogP contribution in [0, 0.1) is 12.8 Å². The highest BCUT2D eigenvalue weighted by atomic mass is 15.1. The van der Waals surface area contributed by atoms with Crippen LogP contribution < -0.4 is 4.90 Å². The minimum Gasteiger partial charge on any atom is -0.378 e. The Morgan fingerprint density at radius 3 is 2.27 bits per heavy atom. The summed E-state index contributed by atoms with van der Waals surface area (Å²) >= 11 is 0. The standard InChI is InChI=1S/C20H28N2/c1-15-11-17(7-9-19(12-15)21(3)4)14-18-8-10-20(22(5)6)13-16(18)2/h7-13,15H,14H2,1-6H3. The molecule has 1 aliphatic carbocycles. The summed E-state index contributed by atoms with van der Waals surface area (Å²) in [6, 6.07) is 6.73. The Bertz CT molecular complexity index is 619. The zero-order chi connectivity index (χ0) is 16.3. The summed E-state index contributed by atoms with van der Waals surface area (Å²) < 4.78 is 0. The predicted octanol–water partition coefficient (Wildman–Crippen LogP) is 4.18. The molecule has 1 aromatic carbocycles. The van der Waals surface area contributed by atoms with Gasteiger partial charge < -0.3 is 9.80 Å². The number of anilines is 1. The van der Waals surface area contributed by atoms with Crippen LogP contribution in [-0.2, 0) is 6.42 Å². The predicted molar refractivity (Wildman–Crippen MR) is 97.4 cm³/mol. The molecular weight excluding hydrogens is 268 g/mol. The fourth-order valence-corrected chi connectivity index (χ4v) is 2.75. The lowest BCUT2D eigenvalue weighted by Gasteiger charge is -2.15. The van der Waals surface area contributed by atoms with Gasteiger partial charge in [0.25, 0.3) is 0 Å². The van der Waals surface area contributed by atoms with Gasteiger partial charge in [0.1, 0.15) is 0 Å². The second-order valence-electron chi connectivity index (χ2n) is 6.60. The van der Waals surface area contributed by atoms with Crippen LogP contribution in [0.5, 0.6) is 0 Å². The van der Waals surface area contributed by atoms with E-state index >= 15 is 0 Å². The van der Waals surface area contributed by atoms with E-state index in [2.05, 4.69) is 94.3 Å². The van der Waals surface area contributed by atoms with Crippen molar-refractivity contribution >= 4 is 5.69 Å². The number of allylic oxidation sites excluding steroid dienone is 5. The van der Waals surface area contributed by atoms with E-state index in [0.29, 0.717) is 5.92 Å². The van der Waals surface area contributed by atoms with Crippen LogP contribution in [0.2, 0.25) is 0 Å². The average Bonchev–Trinajstić information content (AvgIpc) is 2.62. The van der Waals surface area contributed by atoms with Gasteiger partial charge in [-0.1, -0.05) is 31.2 Å². The molecule has 2 heteroatoms. The minimum absolute atomic E-state index is 0.462. The lowest BCUT2D eigenvalue weighted by atomic mass is 9.97. The van der Waals surface area contributed by atoms with E-state index in [-0.39, 0.29) is 0 Å². The lowest BCUT2D eigenvalue weighted by molar-refractivity contribution is 0.525. The van der Waals surface area contributed by atoms with Crippen molar-refractivity contribution in [3.8, 4) is 0 Å². The number of benzene rings is 1. The Morgan fingerprint density at radius 2 is 1.68 bits per heavy atom. The zero-order valence-electron chi connectivity index (χ0n) is 14.7. The zero-order valence-corrected chi connectivity index (χ0v) is 14.7. The van der Waals surface area contributed by atoms with Gasteiger partial charge >= 0.3 is 0 Å². The highest BCUT2D eigenvalue weighted by Crippen LogP contribution is 2.23. The molecule has 22 heavy (non-hydrogen) atoms. The van der Waals surface area contributed by atoms with Crippen LogP contribution in [-0.4, -0.2) is 33.1 Å². The maximum Gasteiger partial charge on any atom is 0.0363 e. The van der Waals surface area contributed by atoms with E-state index in [4.69, 9.17) is 0 Å². The summed E-state index contributed by atoms with van der Waals surface area (Å²) in [4.78, 5) is 4.32. The summed E-state index contributed by atoms with van der Waals surface area (Å²) in [6.45, 7) is 4.45. The molecule has 0 saturated carbocycles. The van der Waals surface area contributed by atoms with Gasteiger partial charge in [-0.15, -0.1) is 0 Å². The van der Waals surface area contributed by atoms with E-state index in [1.54, 1.807) is 0 Å². The summed E-state index contributed by atoms with van der Waals surface area (Å²) in [6.07, 6.45) is 10.2. The third-order valence-electron chi connectivity index (χ3n) is 4.13. The highest BCUT2D eigenvalue weighted by Gasteiger charge is 2.08. The van der Waals surface area contributed by atoms with Gasteiger partial charge in [-0.3, -0.25) is 0 Å². The molecule has 0 bridgehead atoms. The van der Waals surface area contributed by atoms with Crippen molar-refractivity contribution in [1.82, 2.24) is 4.90 Å². The second kappa shape index (κ2) is 6.87. The lowest BCUT2D eigenvalue weighted by Crippen LogP contribution is -2.09. The van der Waals surface area contributed by atoms with Gasteiger partial charge in [-0.2, -0.15) is 0 Å². The molecule has 0 aromatic heterocycles. The quantitative estimate of drug-likeness (QED) is 0.822. The Morgan fingerprint density at radius 1 is 0.955 bits per heavy atom. The second-order valence-corrected chi connectivity index (χ2v) is 6.60. The fraction of sp³-hybridized carbons (Fsp3) is 0.400. The first-order valence-corrected chi connectivity index (χ1v) is 7.91. The van der Waals surface area contributed by atoms with Crippen LogP contribution in [0.4, 0.5) is 5.69 Å². The summed E-state index contributed by atoms with van der Waals surface area (Å²) in [5.74, 6) is 0.462. The molecule has 1 aliphatic rings. The van der Waals surface area contributed by atoms with Crippen molar-refractivity contribution in [2.75, 3.05) is 33.1 Å². The molecule has 0 spiro atoms. The molecule has 0 heterocycles. The maximum atomic E-state index is 2.37. The molecule has 0 N–H and O–H groups in total. The Kier molecular flexibility index (Phi) is 5.12. The first kappa shape index (κ1) is 16.4. The molecule has 2 nitrogen and oxygen atoms in total.